The molecule has 6 heteroatoms. The van der Waals surface area contributed by atoms with Crippen molar-refractivity contribution in [2.75, 3.05) is 25.5 Å². The monoisotopic (exact) mass is 382 g/mol. The number of carbonyl (C=O) groups excluding carboxylic acids is 1. The van der Waals surface area contributed by atoms with Crippen LogP contribution in [0.3, 0.4) is 0 Å². The minimum absolute atomic E-state index is 0.121. The molecular weight excluding hydrogens is 352 g/mol. The van der Waals surface area contributed by atoms with Gasteiger partial charge in [0.2, 0.25) is 0 Å². The first-order chi connectivity index (χ1) is 13.7. The maximum absolute atomic E-state index is 13.2. The molecule has 2 aromatic rings. The van der Waals surface area contributed by atoms with Gasteiger partial charge >= 0.3 is 0 Å². The molecule has 28 heavy (non-hydrogen) atoms. The van der Waals surface area contributed by atoms with Crippen LogP contribution in [-0.2, 0) is 0 Å². The lowest BCUT2D eigenvalue weighted by Gasteiger charge is -2.34. The summed E-state index contributed by atoms with van der Waals surface area (Å²) in [7, 11) is 1.67. The number of ether oxygens (including phenoxy) is 1. The van der Waals surface area contributed by atoms with Crippen molar-refractivity contribution < 1.29 is 9.53 Å². The molecule has 1 amide bonds. The Balaban J connectivity index is 1.41. The maximum atomic E-state index is 13.2. The largest absolute Gasteiger partial charge is 0.497 e. The second-order valence-electron chi connectivity index (χ2n) is 8.00. The summed E-state index contributed by atoms with van der Waals surface area (Å²) in [6, 6.07) is 8.22. The van der Waals surface area contributed by atoms with Crippen molar-refractivity contribution in [3.63, 3.8) is 0 Å². The van der Waals surface area contributed by atoms with E-state index in [1.165, 1.54) is 19.3 Å². The number of likely N-dealkylation sites (tertiary alicyclic amines) is 1. The highest BCUT2D eigenvalue weighted by molar-refractivity contribution is 5.95. The highest BCUT2D eigenvalue weighted by Crippen LogP contribution is 2.33. The molecule has 0 radical (unpaired) electrons. The Kier molecular flexibility index (Phi) is 5.84. The fourth-order valence-corrected chi connectivity index (χ4v) is 4.54. The van der Waals surface area contributed by atoms with Crippen molar-refractivity contribution in [2.24, 2.45) is 0 Å². The van der Waals surface area contributed by atoms with Gasteiger partial charge in [-0.25, -0.2) is 0 Å². The van der Waals surface area contributed by atoms with Gasteiger partial charge in [-0.2, -0.15) is 5.10 Å². The number of piperidine rings is 1. The van der Waals surface area contributed by atoms with Crippen LogP contribution in [0.5, 0.6) is 5.75 Å². The lowest BCUT2D eigenvalue weighted by Crippen LogP contribution is -2.45. The van der Waals surface area contributed by atoms with E-state index in [-0.39, 0.29) is 11.9 Å². The number of hydrogen-bond acceptors (Lipinski definition) is 4. The number of nitrogens with zero attached hydrogens (tertiary/aromatic N) is 2. The fraction of sp³-hybridized carbons (Fsp3) is 0.545. The van der Waals surface area contributed by atoms with Gasteiger partial charge in [-0.1, -0.05) is 19.3 Å². The molecule has 2 heterocycles. The predicted molar refractivity (Wildman–Crippen MR) is 110 cm³/mol. The molecule has 150 valence electrons. The quantitative estimate of drug-likeness (QED) is 0.814. The molecule has 6 nitrogen and oxygen atoms in total. The maximum Gasteiger partial charge on any atom is 0.257 e. The van der Waals surface area contributed by atoms with E-state index in [0.717, 1.165) is 61.5 Å². The Morgan fingerprint density at radius 1 is 1.14 bits per heavy atom. The number of aromatic nitrogens is 2. The molecule has 2 fully saturated rings. The van der Waals surface area contributed by atoms with E-state index in [2.05, 4.69) is 15.5 Å². The third-order valence-corrected chi connectivity index (χ3v) is 6.08. The zero-order valence-corrected chi connectivity index (χ0v) is 16.6. The van der Waals surface area contributed by atoms with Gasteiger partial charge in [-0.15, -0.1) is 0 Å². The van der Waals surface area contributed by atoms with E-state index < -0.39 is 0 Å². The van der Waals surface area contributed by atoms with E-state index in [1.807, 2.05) is 29.2 Å². The molecular formula is C22H30N4O2. The number of rotatable bonds is 5. The predicted octanol–water partition coefficient (Wildman–Crippen LogP) is 4.18. The van der Waals surface area contributed by atoms with Crippen LogP contribution in [0.2, 0.25) is 0 Å². The van der Waals surface area contributed by atoms with Gasteiger partial charge in [0.05, 0.1) is 24.6 Å². The van der Waals surface area contributed by atoms with Gasteiger partial charge in [-0.05, 0) is 49.9 Å². The molecule has 1 saturated heterocycles. The van der Waals surface area contributed by atoms with Gasteiger partial charge < -0.3 is 15.0 Å². The minimum Gasteiger partial charge on any atom is -0.497 e. The second-order valence-corrected chi connectivity index (χ2v) is 8.00. The molecule has 1 aliphatic heterocycles. The van der Waals surface area contributed by atoms with E-state index >= 15 is 0 Å². The number of anilines is 1. The van der Waals surface area contributed by atoms with Crippen LogP contribution in [0.4, 0.5) is 5.69 Å². The fourth-order valence-electron chi connectivity index (χ4n) is 4.54. The third-order valence-electron chi connectivity index (χ3n) is 6.08. The Morgan fingerprint density at radius 2 is 1.93 bits per heavy atom. The topological polar surface area (TPSA) is 70.2 Å². The van der Waals surface area contributed by atoms with Gasteiger partial charge in [0.1, 0.15) is 5.75 Å². The number of carbonyl (C=O) groups is 1. The van der Waals surface area contributed by atoms with E-state index in [0.29, 0.717) is 5.92 Å². The number of benzene rings is 1. The van der Waals surface area contributed by atoms with Crippen LogP contribution >= 0.6 is 0 Å². The normalized spacial score (nSPS) is 20.8. The van der Waals surface area contributed by atoms with Crippen LogP contribution in [0, 0.1) is 0 Å². The van der Waals surface area contributed by atoms with Crippen LogP contribution in [0.25, 0.3) is 0 Å². The number of amides is 1. The van der Waals surface area contributed by atoms with Gasteiger partial charge in [-0.3, -0.25) is 9.89 Å². The van der Waals surface area contributed by atoms with Crippen LogP contribution in [0.1, 0.15) is 66.9 Å². The lowest BCUT2D eigenvalue weighted by molar-refractivity contribution is 0.0713. The third kappa shape index (κ3) is 4.16. The van der Waals surface area contributed by atoms with Crippen LogP contribution in [0.15, 0.2) is 30.5 Å². The summed E-state index contributed by atoms with van der Waals surface area (Å²) in [6.07, 6.45) is 9.91. The van der Waals surface area contributed by atoms with Crippen molar-refractivity contribution in [3.8, 4) is 5.75 Å². The van der Waals surface area contributed by atoms with E-state index in [4.69, 9.17) is 4.74 Å². The van der Waals surface area contributed by atoms with Crippen molar-refractivity contribution in [1.82, 2.24) is 15.1 Å². The van der Waals surface area contributed by atoms with E-state index in [1.54, 1.807) is 13.3 Å². The zero-order chi connectivity index (χ0) is 19.3. The summed E-state index contributed by atoms with van der Waals surface area (Å²) in [5.41, 5.74) is 2.89. The standard InChI is InChI=1S/C22H30N4O2/c1-28-19-11-9-17(10-12-19)24-18-8-5-13-26(15-18)22(27)20-14-23-25-21(20)16-6-3-2-4-7-16/h9-12,14,16,18,24H,2-8,13,15H2,1H3,(H,23,25)/t18-/m0/s1. The summed E-state index contributed by atoms with van der Waals surface area (Å²) < 4.78 is 5.22. The molecule has 0 bridgehead atoms. The molecule has 1 aliphatic carbocycles. The molecule has 2 N–H and O–H groups in total. The Bertz CT molecular complexity index is 780. The van der Waals surface area contributed by atoms with Gasteiger partial charge in [0, 0.05) is 30.7 Å². The van der Waals surface area contributed by atoms with Gasteiger partial charge in [0.25, 0.3) is 5.91 Å². The first-order valence-electron chi connectivity index (χ1n) is 10.5. The van der Waals surface area contributed by atoms with E-state index in [9.17, 15) is 4.79 Å². The number of hydrogen-bond donors (Lipinski definition) is 2. The average molecular weight is 383 g/mol. The smallest absolute Gasteiger partial charge is 0.257 e. The van der Waals surface area contributed by atoms with Crippen LogP contribution in [-0.4, -0.2) is 47.2 Å². The minimum atomic E-state index is 0.121. The summed E-state index contributed by atoms with van der Waals surface area (Å²) >= 11 is 0. The second kappa shape index (κ2) is 8.67. The molecule has 1 saturated carbocycles. The Labute approximate surface area is 166 Å². The number of aromatic amines is 1. The van der Waals surface area contributed by atoms with Crippen LogP contribution < -0.4 is 10.1 Å². The molecule has 1 aromatic carbocycles. The Hall–Kier alpha value is -2.50. The average Bonchev–Trinajstić information content (AvgIpc) is 3.24. The van der Waals surface area contributed by atoms with Crippen molar-refractivity contribution in [2.45, 2.75) is 56.9 Å². The number of methoxy groups -OCH3 is 1. The summed E-state index contributed by atoms with van der Waals surface area (Å²) in [5, 5.41) is 10.9. The zero-order valence-electron chi connectivity index (χ0n) is 16.6. The van der Waals surface area contributed by atoms with Crippen molar-refractivity contribution in [1.29, 1.82) is 0 Å². The molecule has 1 atom stereocenters. The van der Waals surface area contributed by atoms with Gasteiger partial charge in [0.15, 0.2) is 0 Å². The van der Waals surface area contributed by atoms with Crippen molar-refractivity contribution in [3.05, 3.63) is 41.7 Å². The lowest BCUT2D eigenvalue weighted by atomic mass is 9.85. The summed E-state index contributed by atoms with van der Waals surface area (Å²) in [6.45, 7) is 1.54. The first kappa shape index (κ1) is 18.8. The Morgan fingerprint density at radius 3 is 2.68 bits per heavy atom. The molecule has 0 unspecified atom stereocenters. The van der Waals surface area contributed by atoms with Crippen molar-refractivity contribution >= 4 is 11.6 Å². The summed E-state index contributed by atoms with van der Waals surface area (Å²) in [4.78, 5) is 15.2. The molecule has 1 aromatic heterocycles. The SMILES string of the molecule is COc1ccc(N[C@H]2CCCN(C(=O)c3cn[nH]c3C3CCCCC3)C2)cc1. The highest BCUT2D eigenvalue weighted by atomic mass is 16.5. The highest BCUT2D eigenvalue weighted by Gasteiger charge is 2.29. The molecule has 4 rings (SSSR count). The molecule has 2 aliphatic rings. The molecule has 0 spiro atoms. The summed E-state index contributed by atoms with van der Waals surface area (Å²) in [5.74, 6) is 1.42. The first-order valence-corrected chi connectivity index (χ1v) is 10.5. The number of nitrogens with one attached hydrogen (secondary N) is 2. The number of H-pyrrole nitrogens is 1.